The van der Waals surface area contributed by atoms with Crippen molar-refractivity contribution >= 4 is 0 Å². The highest BCUT2D eigenvalue weighted by Gasteiger charge is 2.14. The third-order valence-electron chi connectivity index (χ3n) is 2.92. The summed E-state index contributed by atoms with van der Waals surface area (Å²) in [6.07, 6.45) is 0. The van der Waals surface area contributed by atoms with E-state index in [9.17, 15) is 4.79 Å². The van der Waals surface area contributed by atoms with Crippen LogP contribution in [-0.4, -0.2) is 14.8 Å². The van der Waals surface area contributed by atoms with Gasteiger partial charge in [-0.3, -0.25) is 0 Å². The van der Waals surface area contributed by atoms with Crippen molar-refractivity contribution in [2.24, 2.45) is 5.73 Å². The molecule has 18 heavy (non-hydrogen) atoms. The van der Waals surface area contributed by atoms with E-state index in [0.29, 0.717) is 5.82 Å². The summed E-state index contributed by atoms with van der Waals surface area (Å²) < 4.78 is 1.49. The molecule has 1 aromatic carbocycles. The fourth-order valence-electron chi connectivity index (χ4n) is 1.84. The van der Waals surface area contributed by atoms with Gasteiger partial charge in [0.05, 0.1) is 12.2 Å². The average molecular weight is 246 g/mol. The Labute approximate surface area is 106 Å². The quantitative estimate of drug-likeness (QED) is 0.839. The van der Waals surface area contributed by atoms with Crippen LogP contribution in [0.4, 0.5) is 0 Å². The van der Waals surface area contributed by atoms with Crippen LogP contribution in [0.15, 0.2) is 29.1 Å². The summed E-state index contributed by atoms with van der Waals surface area (Å²) in [5.74, 6) is 0.531. The van der Waals surface area contributed by atoms with Crippen LogP contribution in [0.5, 0.6) is 0 Å². The van der Waals surface area contributed by atoms with E-state index in [1.165, 1.54) is 10.1 Å². The van der Waals surface area contributed by atoms with Gasteiger partial charge in [0.15, 0.2) is 5.82 Å². The number of aromatic nitrogens is 3. The minimum Gasteiger partial charge on any atom is -0.324 e. The number of hydrogen-bond donors (Lipinski definition) is 2. The Kier molecular flexibility index (Phi) is 3.09. The number of aromatic amines is 1. The molecule has 0 atom stereocenters. The molecule has 0 aliphatic rings. The lowest BCUT2D eigenvalue weighted by Gasteiger charge is -2.19. The van der Waals surface area contributed by atoms with E-state index in [2.05, 4.69) is 31.0 Å². The first-order valence-corrected chi connectivity index (χ1v) is 5.91. The Morgan fingerprint density at radius 1 is 1.28 bits per heavy atom. The number of nitrogens with one attached hydrogen (secondary N) is 1. The minimum atomic E-state index is -0.265. The van der Waals surface area contributed by atoms with E-state index in [4.69, 9.17) is 5.73 Å². The van der Waals surface area contributed by atoms with E-state index < -0.39 is 0 Å². The number of hydrogen-bond acceptors (Lipinski definition) is 3. The fourth-order valence-corrected chi connectivity index (χ4v) is 1.84. The van der Waals surface area contributed by atoms with Crippen LogP contribution < -0.4 is 11.4 Å². The van der Waals surface area contributed by atoms with E-state index in [1.807, 2.05) is 24.3 Å². The maximum absolute atomic E-state index is 11.7. The SMILES string of the molecule is CC(C)(C)c1ccc(-n2c(CN)n[nH]c2=O)cc1. The lowest BCUT2D eigenvalue weighted by atomic mass is 9.87. The van der Waals surface area contributed by atoms with Crippen molar-refractivity contribution in [3.63, 3.8) is 0 Å². The third-order valence-corrected chi connectivity index (χ3v) is 2.92. The van der Waals surface area contributed by atoms with Crippen LogP contribution in [0.1, 0.15) is 32.2 Å². The summed E-state index contributed by atoms with van der Waals surface area (Å²) in [5.41, 5.74) is 7.39. The zero-order valence-corrected chi connectivity index (χ0v) is 10.9. The number of benzene rings is 1. The topological polar surface area (TPSA) is 76.7 Å². The molecule has 96 valence electrons. The fraction of sp³-hybridized carbons (Fsp3) is 0.385. The van der Waals surface area contributed by atoms with Gasteiger partial charge in [0.2, 0.25) is 0 Å². The molecular weight excluding hydrogens is 228 g/mol. The van der Waals surface area contributed by atoms with Crippen LogP contribution in [0, 0.1) is 0 Å². The monoisotopic (exact) mass is 246 g/mol. The first-order chi connectivity index (χ1) is 8.43. The van der Waals surface area contributed by atoms with Gasteiger partial charge < -0.3 is 5.73 Å². The predicted octanol–water partition coefficient (Wildman–Crippen LogP) is 1.32. The van der Waals surface area contributed by atoms with Gasteiger partial charge in [-0.05, 0) is 23.1 Å². The van der Waals surface area contributed by atoms with Gasteiger partial charge in [-0.25, -0.2) is 14.5 Å². The zero-order chi connectivity index (χ0) is 13.3. The van der Waals surface area contributed by atoms with Crippen molar-refractivity contribution in [1.29, 1.82) is 0 Å². The van der Waals surface area contributed by atoms with Crippen molar-refractivity contribution in [3.05, 3.63) is 46.1 Å². The van der Waals surface area contributed by atoms with Gasteiger partial charge >= 0.3 is 5.69 Å². The third kappa shape index (κ3) is 2.22. The number of nitrogens with two attached hydrogens (primary N) is 1. The smallest absolute Gasteiger partial charge is 0.324 e. The Balaban J connectivity index is 2.47. The Bertz CT molecular complexity index is 587. The maximum atomic E-state index is 11.7. The van der Waals surface area contributed by atoms with Crippen molar-refractivity contribution < 1.29 is 0 Å². The molecular formula is C13H18N4O. The van der Waals surface area contributed by atoms with E-state index in [-0.39, 0.29) is 17.6 Å². The summed E-state index contributed by atoms with van der Waals surface area (Å²) in [6.45, 7) is 6.67. The second-order valence-electron chi connectivity index (χ2n) is 5.28. The van der Waals surface area contributed by atoms with Crippen LogP contribution in [0.25, 0.3) is 5.69 Å². The zero-order valence-electron chi connectivity index (χ0n) is 10.9. The average Bonchev–Trinajstić information content (AvgIpc) is 2.69. The molecule has 0 saturated heterocycles. The number of H-pyrrole nitrogens is 1. The first kappa shape index (κ1) is 12.6. The summed E-state index contributed by atoms with van der Waals surface area (Å²) in [4.78, 5) is 11.7. The Morgan fingerprint density at radius 2 is 1.89 bits per heavy atom. The highest BCUT2D eigenvalue weighted by atomic mass is 16.1. The van der Waals surface area contributed by atoms with Gasteiger partial charge in [-0.2, -0.15) is 5.10 Å². The molecule has 0 aliphatic heterocycles. The molecule has 1 aromatic heterocycles. The first-order valence-electron chi connectivity index (χ1n) is 5.91. The largest absolute Gasteiger partial charge is 0.347 e. The summed E-state index contributed by atoms with van der Waals surface area (Å²) in [7, 11) is 0. The molecule has 1 heterocycles. The standard InChI is InChI=1S/C13H18N4O/c1-13(2,3)9-4-6-10(7-5-9)17-11(8-14)15-16-12(17)18/h4-7H,8,14H2,1-3H3,(H,16,18). The highest BCUT2D eigenvalue weighted by molar-refractivity contribution is 5.37. The second-order valence-corrected chi connectivity index (χ2v) is 5.28. The molecule has 0 spiro atoms. The van der Waals surface area contributed by atoms with Gasteiger partial charge in [0.25, 0.3) is 0 Å². The molecule has 0 unspecified atom stereocenters. The van der Waals surface area contributed by atoms with Gasteiger partial charge in [-0.1, -0.05) is 32.9 Å². The van der Waals surface area contributed by atoms with Crippen LogP contribution in [0.2, 0.25) is 0 Å². The van der Waals surface area contributed by atoms with Crippen molar-refractivity contribution in [2.75, 3.05) is 0 Å². The van der Waals surface area contributed by atoms with Gasteiger partial charge in [0.1, 0.15) is 0 Å². The number of rotatable bonds is 2. The molecule has 0 radical (unpaired) electrons. The van der Waals surface area contributed by atoms with Crippen LogP contribution in [-0.2, 0) is 12.0 Å². The molecule has 2 rings (SSSR count). The lowest BCUT2D eigenvalue weighted by molar-refractivity contribution is 0.590. The molecule has 0 bridgehead atoms. The van der Waals surface area contributed by atoms with E-state index >= 15 is 0 Å². The number of nitrogens with zero attached hydrogens (tertiary/aromatic N) is 2. The molecule has 0 aliphatic carbocycles. The molecule has 0 amide bonds. The second kappa shape index (κ2) is 4.42. The Hall–Kier alpha value is -1.88. The molecule has 5 nitrogen and oxygen atoms in total. The van der Waals surface area contributed by atoms with Crippen molar-refractivity contribution in [2.45, 2.75) is 32.7 Å². The van der Waals surface area contributed by atoms with Crippen molar-refractivity contribution in [3.8, 4) is 5.69 Å². The Morgan fingerprint density at radius 3 is 2.39 bits per heavy atom. The lowest BCUT2D eigenvalue weighted by Crippen LogP contribution is -2.19. The normalized spacial score (nSPS) is 11.8. The minimum absolute atomic E-state index is 0.0938. The summed E-state index contributed by atoms with van der Waals surface area (Å²) in [6, 6.07) is 7.87. The van der Waals surface area contributed by atoms with E-state index in [0.717, 1.165) is 5.69 Å². The summed E-state index contributed by atoms with van der Waals surface area (Å²) in [5, 5.41) is 6.29. The van der Waals surface area contributed by atoms with Crippen LogP contribution >= 0.6 is 0 Å². The van der Waals surface area contributed by atoms with Gasteiger partial charge in [0, 0.05) is 0 Å². The summed E-state index contributed by atoms with van der Waals surface area (Å²) >= 11 is 0. The van der Waals surface area contributed by atoms with E-state index in [1.54, 1.807) is 0 Å². The van der Waals surface area contributed by atoms with Gasteiger partial charge in [-0.15, -0.1) is 0 Å². The molecule has 2 aromatic rings. The highest BCUT2D eigenvalue weighted by Crippen LogP contribution is 2.22. The predicted molar refractivity (Wildman–Crippen MR) is 70.8 cm³/mol. The molecule has 0 saturated carbocycles. The molecule has 5 heteroatoms. The molecule has 3 N–H and O–H groups in total. The molecule has 0 fully saturated rings. The van der Waals surface area contributed by atoms with Crippen molar-refractivity contribution in [1.82, 2.24) is 14.8 Å². The van der Waals surface area contributed by atoms with Crippen LogP contribution in [0.3, 0.4) is 0 Å². The maximum Gasteiger partial charge on any atom is 0.347 e.